The molecule has 2 rings (SSSR count). The number of benzene rings is 1. The third-order valence-corrected chi connectivity index (χ3v) is 3.71. The Kier molecular flexibility index (Phi) is 3.82. The first-order valence-electron chi connectivity index (χ1n) is 5.85. The van der Waals surface area contributed by atoms with E-state index in [0.717, 1.165) is 37.1 Å². The lowest BCUT2D eigenvalue weighted by Crippen LogP contribution is -2.30. The highest BCUT2D eigenvalue weighted by molar-refractivity contribution is 9.10. The van der Waals surface area contributed by atoms with Crippen molar-refractivity contribution in [1.29, 1.82) is 0 Å². The number of hydrogen-bond donors (Lipinski definition) is 0. The molecule has 1 aliphatic heterocycles. The maximum Gasteiger partial charge on any atom is 0.226 e. The minimum atomic E-state index is -0.284. The first-order valence-corrected chi connectivity index (χ1v) is 6.65. The van der Waals surface area contributed by atoms with Crippen LogP contribution in [0.3, 0.4) is 0 Å². The van der Waals surface area contributed by atoms with Crippen LogP contribution < -0.4 is 4.90 Å². The highest BCUT2D eigenvalue weighted by Gasteiger charge is 2.20. The van der Waals surface area contributed by atoms with Gasteiger partial charge in [-0.05, 0) is 53.4 Å². The Hall–Kier alpha value is -0.900. The summed E-state index contributed by atoms with van der Waals surface area (Å²) in [6.07, 6.45) is 3.65. The lowest BCUT2D eigenvalue weighted by molar-refractivity contribution is -0.118. The number of rotatable bonds is 1. The van der Waals surface area contributed by atoms with Crippen LogP contribution in [0.15, 0.2) is 16.6 Å². The Morgan fingerprint density at radius 1 is 1.29 bits per heavy atom. The van der Waals surface area contributed by atoms with Gasteiger partial charge in [0.05, 0.1) is 4.47 Å². The average Bonchev–Trinajstić information content (AvgIpc) is 2.49. The van der Waals surface area contributed by atoms with Crippen LogP contribution in [0, 0.1) is 12.7 Å². The molecule has 0 bridgehead atoms. The summed E-state index contributed by atoms with van der Waals surface area (Å²) in [5.74, 6) is -0.141. The molecule has 0 atom stereocenters. The topological polar surface area (TPSA) is 20.3 Å². The second-order valence-corrected chi connectivity index (χ2v) is 5.26. The molecule has 1 aliphatic rings. The summed E-state index contributed by atoms with van der Waals surface area (Å²) in [6.45, 7) is 2.57. The largest absolute Gasteiger partial charge is 0.312 e. The van der Waals surface area contributed by atoms with Crippen LogP contribution in [0.1, 0.15) is 31.2 Å². The zero-order valence-corrected chi connectivity index (χ0v) is 11.4. The number of hydrogen-bond acceptors (Lipinski definition) is 1. The minimum absolute atomic E-state index is 0.143. The molecule has 0 aliphatic carbocycles. The van der Waals surface area contributed by atoms with Gasteiger partial charge in [-0.1, -0.05) is 6.42 Å². The fraction of sp³-hybridized carbons (Fsp3) is 0.462. The summed E-state index contributed by atoms with van der Waals surface area (Å²) < 4.78 is 13.8. The number of aryl methyl sites for hydroxylation is 1. The lowest BCUT2D eigenvalue weighted by atomic mass is 10.1. The first kappa shape index (κ1) is 12.6. The van der Waals surface area contributed by atoms with Crippen LogP contribution in [-0.2, 0) is 4.79 Å². The van der Waals surface area contributed by atoms with Crippen molar-refractivity contribution in [1.82, 2.24) is 0 Å². The van der Waals surface area contributed by atoms with E-state index in [1.54, 1.807) is 11.0 Å². The van der Waals surface area contributed by atoms with Crippen molar-refractivity contribution in [2.75, 3.05) is 11.4 Å². The molecule has 0 unspecified atom stereocenters. The van der Waals surface area contributed by atoms with Crippen LogP contribution in [0.25, 0.3) is 0 Å². The second-order valence-electron chi connectivity index (χ2n) is 4.41. The molecule has 1 aromatic rings. The molecule has 0 saturated carbocycles. The van der Waals surface area contributed by atoms with E-state index in [2.05, 4.69) is 15.9 Å². The van der Waals surface area contributed by atoms with Gasteiger partial charge in [0.15, 0.2) is 0 Å². The van der Waals surface area contributed by atoms with Crippen LogP contribution in [0.2, 0.25) is 0 Å². The molecule has 0 radical (unpaired) electrons. The third-order valence-electron chi connectivity index (χ3n) is 3.10. The third kappa shape index (κ3) is 2.68. The molecule has 2 nitrogen and oxygen atoms in total. The number of nitrogens with zero attached hydrogens (tertiary/aromatic N) is 1. The fourth-order valence-corrected chi connectivity index (χ4v) is 2.50. The van der Waals surface area contributed by atoms with Crippen molar-refractivity contribution in [3.63, 3.8) is 0 Å². The SMILES string of the molecule is Cc1cc(F)c(Br)cc1N1CCCCCC1=O. The van der Waals surface area contributed by atoms with E-state index in [-0.39, 0.29) is 11.7 Å². The molecule has 1 fully saturated rings. The van der Waals surface area contributed by atoms with Crippen molar-refractivity contribution < 1.29 is 9.18 Å². The quantitative estimate of drug-likeness (QED) is 0.772. The van der Waals surface area contributed by atoms with Crippen molar-refractivity contribution in [2.24, 2.45) is 0 Å². The predicted molar refractivity (Wildman–Crippen MR) is 69.7 cm³/mol. The monoisotopic (exact) mass is 299 g/mol. The van der Waals surface area contributed by atoms with Gasteiger partial charge in [-0.15, -0.1) is 0 Å². The molecule has 1 saturated heterocycles. The highest BCUT2D eigenvalue weighted by Crippen LogP contribution is 2.29. The Labute approximate surface area is 109 Å². The zero-order chi connectivity index (χ0) is 12.4. The molecule has 0 N–H and O–H groups in total. The molecule has 1 heterocycles. The summed E-state index contributed by atoms with van der Waals surface area (Å²) in [7, 11) is 0. The van der Waals surface area contributed by atoms with Crippen LogP contribution in [-0.4, -0.2) is 12.5 Å². The van der Waals surface area contributed by atoms with E-state index in [4.69, 9.17) is 0 Å². The summed E-state index contributed by atoms with van der Waals surface area (Å²) in [4.78, 5) is 13.8. The van der Waals surface area contributed by atoms with Gasteiger partial charge in [-0.3, -0.25) is 4.79 Å². The van der Waals surface area contributed by atoms with Crippen molar-refractivity contribution in [3.8, 4) is 0 Å². The summed E-state index contributed by atoms with van der Waals surface area (Å²) >= 11 is 3.17. The van der Waals surface area contributed by atoms with Gasteiger partial charge in [0, 0.05) is 18.7 Å². The van der Waals surface area contributed by atoms with Gasteiger partial charge in [0.25, 0.3) is 0 Å². The molecule has 1 aromatic carbocycles. The standard InChI is InChI=1S/C13H15BrFNO/c1-9-7-11(15)10(14)8-12(9)16-6-4-2-3-5-13(16)17/h7-8H,2-6H2,1H3. The smallest absolute Gasteiger partial charge is 0.226 e. The molecular formula is C13H15BrFNO. The van der Waals surface area contributed by atoms with Crippen molar-refractivity contribution >= 4 is 27.5 Å². The Balaban J connectivity index is 2.37. The number of carbonyl (C=O) groups is 1. The fourth-order valence-electron chi connectivity index (χ4n) is 2.16. The van der Waals surface area contributed by atoms with Crippen LogP contribution in [0.4, 0.5) is 10.1 Å². The van der Waals surface area contributed by atoms with E-state index in [1.165, 1.54) is 6.07 Å². The van der Waals surface area contributed by atoms with E-state index in [9.17, 15) is 9.18 Å². The highest BCUT2D eigenvalue weighted by atomic mass is 79.9. The number of anilines is 1. The van der Waals surface area contributed by atoms with Crippen molar-refractivity contribution in [2.45, 2.75) is 32.6 Å². The predicted octanol–water partition coefficient (Wildman–Crippen LogP) is 3.80. The van der Waals surface area contributed by atoms with E-state index in [1.807, 2.05) is 6.92 Å². The molecular weight excluding hydrogens is 285 g/mol. The first-order chi connectivity index (χ1) is 8.09. The average molecular weight is 300 g/mol. The Morgan fingerprint density at radius 2 is 2.06 bits per heavy atom. The van der Waals surface area contributed by atoms with Gasteiger partial charge < -0.3 is 4.90 Å². The van der Waals surface area contributed by atoms with E-state index < -0.39 is 0 Å². The van der Waals surface area contributed by atoms with Gasteiger partial charge in [0.1, 0.15) is 5.82 Å². The van der Waals surface area contributed by atoms with E-state index in [0.29, 0.717) is 10.9 Å². The minimum Gasteiger partial charge on any atom is -0.312 e. The van der Waals surface area contributed by atoms with Gasteiger partial charge >= 0.3 is 0 Å². The maximum absolute atomic E-state index is 13.4. The zero-order valence-electron chi connectivity index (χ0n) is 9.80. The van der Waals surface area contributed by atoms with Gasteiger partial charge in [-0.2, -0.15) is 0 Å². The van der Waals surface area contributed by atoms with Gasteiger partial charge in [-0.25, -0.2) is 4.39 Å². The molecule has 0 spiro atoms. The number of halogens is 2. The molecule has 0 aromatic heterocycles. The Morgan fingerprint density at radius 3 is 2.82 bits per heavy atom. The van der Waals surface area contributed by atoms with Crippen LogP contribution >= 0.6 is 15.9 Å². The molecule has 1 amide bonds. The summed E-state index contributed by atoms with van der Waals surface area (Å²) in [5, 5.41) is 0. The van der Waals surface area contributed by atoms with Gasteiger partial charge in [0.2, 0.25) is 5.91 Å². The summed E-state index contributed by atoms with van der Waals surface area (Å²) in [6, 6.07) is 3.17. The Bertz CT molecular complexity index is 447. The second kappa shape index (κ2) is 5.17. The van der Waals surface area contributed by atoms with Crippen molar-refractivity contribution in [3.05, 3.63) is 28.0 Å². The maximum atomic E-state index is 13.4. The number of amides is 1. The van der Waals surface area contributed by atoms with Crippen LogP contribution in [0.5, 0.6) is 0 Å². The molecule has 4 heteroatoms. The summed E-state index contributed by atoms with van der Waals surface area (Å²) in [5.41, 5.74) is 1.63. The number of carbonyl (C=O) groups excluding carboxylic acids is 1. The normalized spacial score (nSPS) is 17.1. The molecule has 92 valence electrons. The van der Waals surface area contributed by atoms with E-state index >= 15 is 0 Å². The molecule has 17 heavy (non-hydrogen) atoms. The lowest BCUT2D eigenvalue weighted by Gasteiger charge is -2.23.